The van der Waals surface area contributed by atoms with Crippen LogP contribution in [0, 0.1) is 6.92 Å². The number of ether oxygens (including phenoxy) is 3. The van der Waals surface area contributed by atoms with E-state index in [0.29, 0.717) is 36.2 Å². The summed E-state index contributed by atoms with van der Waals surface area (Å²) >= 11 is 1.34. The van der Waals surface area contributed by atoms with Crippen LogP contribution in [0.4, 0.5) is 0 Å². The van der Waals surface area contributed by atoms with Gasteiger partial charge in [0, 0.05) is 12.6 Å². The molecular formula is C22H33IN4O4S. The fourth-order valence-corrected chi connectivity index (χ4v) is 3.70. The minimum atomic E-state index is -0.333. The van der Waals surface area contributed by atoms with Crippen molar-refractivity contribution in [2.45, 2.75) is 46.8 Å². The van der Waals surface area contributed by atoms with E-state index in [1.54, 1.807) is 14.0 Å². The average molecular weight is 577 g/mol. The monoisotopic (exact) mass is 576 g/mol. The van der Waals surface area contributed by atoms with Crippen LogP contribution in [-0.4, -0.2) is 49.8 Å². The zero-order chi connectivity index (χ0) is 22.8. The number of halogens is 1. The highest BCUT2D eigenvalue weighted by Gasteiger charge is 2.20. The predicted molar refractivity (Wildman–Crippen MR) is 139 cm³/mol. The van der Waals surface area contributed by atoms with Gasteiger partial charge in [0.25, 0.3) is 0 Å². The van der Waals surface area contributed by atoms with Gasteiger partial charge in [-0.25, -0.2) is 14.8 Å². The van der Waals surface area contributed by atoms with Crippen molar-refractivity contribution in [1.29, 1.82) is 0 Å². The van der Waals surface area contributed by atoms with Crippen LogP contribution in [0.5, 0.6) is 11.5 Å². The molecule has 178 valence electrons. The number of benzene rings is 1. The van der Waals surface area contributed by atoms with E-state index >= 15 is 0 Å². The quantitative estimate of drug-likeness (QED) is 0.188. The molecule has 1 aromatic heterocycles. The van der Waals surface area contributed by atoms with Crippen molar-refractivity contribution in [2.75, 3.05) is 26.8 Å². The Morgan fingerprint density at radius 2 is 1.97 bits per heavy atom. The Morgan fingerprint density at radius 1 is 1.25 bits per heavy atom. The third-order valence-electron chi connectivity index (χ3n) is 4.23. The van der Waals surface area contributed by atoms with Gasteiger partial charge in [0.2, 0.25) is 0 Å². The number of rotatable bonds is 10. The van der Waals surface area contributed by atoms with Crippen LogP contribution in [0.15, 0.2) is 29.3 Å². The fourth-order valence-electron chi connectivity index (χ4n) is 2.74. The summed E-state index contributed by atoms with van der Waals surface area (Å²) in [5, 5.41) is 7.37. The minimum absolute atomic E-state index is 0. The summed E-state index contributed by atoms with van der Waals surface area (Å²) in [6.07, 6.45) is -0.129. The van der Waals surface area contributed by atoms with Crippen LogP contribution in [-0.2, 0) is 4.74 Å². The second kappa shape index (κ2) is 14.1. The summed E-state index contributed by atoms with van der Waals surface area (Å²) < 4.78 is 16.3. The van der Waals surface area contributed by atoms with E-state index in [1.165, 1.54) is 11.3 Å². The van der Waals surface area contributed by atoms with E-state index in [9.17, 15) is 4.79 Å². The van der Waals surface area contributed by atoms with Crippen molar-refractivity contribution in [1.82, 2.24) is 15.6 Å². The van der Waals surface area contributed by atoms with E-state index in [4.69, 9.17) is 14.2 Å². The number of methoxy groups -OCH3 is 1. The van der Waals surface area contributed by atoms with Crippen LogP contribution in [0.2, 0.25) is 0 Å². The molecule has 0 saturated carbocycles. The van der Waals surface area contributed by atoms with Gasteiger partial charge >= 0.3 is 5.97 Å². The lowest BCUT2D eigenvalue weighted by Gasteiger charge is -2.18. The van der Waals surface area contributed by atoms with Gasteiger partial charge in [-0.3, -0.25) is 0 Å². The largest absolute Gasteiger partial charge is 0.497 e. The number of esters is 1. The Kier molecular flexibility index (Phi) is 12.4. The van der Waals surface area contributed by atoms with Crippen LogP contribution < -0.4 is 20.1 Å². The molecule has 2 aromatic rings. The molecule has 1 aromatic carbocycles. The average Bonchev–Trinajstić information content (AvgIpc) is 3.14. The lowest BCUT2D eigenvalue weighted by Crippen LogP contribution is -2.39. The Labute approximate surface area is 211 Å². The lowest BCUT2D eigenvalue weighted by atomic mass is 10.3. The summed E-state index contributed by atoms with van der Waals surface area (Å²) in [4.78, 5) is 21.8. The SMILES string of the molecule is CCNC(=NCC(C)Oc1cccc(OC)c1)NC(C)c1nc(C)c(C(=O)OCC)s1.I. The highest BCUT2D eigenvalue weighted by molar-refractivity contribution is 14.0. The standard InChI is InChI=1S/C22H32N4O4S.HI/c1-7-23-22(24-13-14(3)30-18-11-9-10-17(12-18)28-6)26-16(5)20-25-15(4)19(31-20)21(27)29-8-2;/h9-12,14,16H,7-8,13H2,1-6H3,(H2,23,24,26);1H. The van der Waals surface area contributed by atoms with Gasteiger partial charge in [-0.1, -0.05) is 6.07 Å². The number of aryl methyl sites for hydroxylation is 1. The number of hydrogen-bond donors (Lipinski definition) is 2. The number of aromatic nitrogens is 1. The maximum Gasteiger partial charge on any atom is 0.350 e. The van der Waals surface area contributed by atoms with Crippen LogP contribution >= 0.6 is 35.3 Å². The molecule has 0 aliphatic carbocycles. The summed E-state index contributed by atoms with van der Waals surface area (Å²) in [6.45, 7) is 11.1. The molecule has 32 heavy (non-hydrogen) atoms. The second-order valence-corrected chi connectivity index (χ2v) is 7.91. The highest BCUT2D eigenvalue weighted by atomic mass is 127. The minimum Gasteiger partial charge on any atom is -0.497 e. The molecule has 2 unspecified atom stereocenters. The number of thiazole rings is 1. The molecule has 2 atom stereocenters. The van der Waals surface area contributed by atoms with E-state index in [-0.39, 0.29) is 42.1 Å². The predicted octanol–water partition coefficient (Wildman–Crippen LogP) is 4.34. The number of nitrogens with one attached hydrogen (secondary N) is 2. The van der Waals surface area contributed by atoms with Crippen LogP contribution in [0.3, 0.4) is 0 Å². The number of hydrogen-bond acceptors (Lipinski definition) is 7. The van der Waals surface area contributed by atoms with Gasteiger partial charge in [0.15, 0.2) is 5.96 Å². The van der Waals surface area contributed by atoms with Crippen molar-refractivity contribution in [3.8, 4) is 11.5 Å². The van der Waals surface area contributed by atoms with Gasteiger partial charge < -0.3 is 24.8 Å². The van der Waals surface area contributed by atoms with Crippen LogP contribution in [0.1, 0.15) is 54.1 Å². The summed E-state index contributed by atoms with van der Waals surface area (Å²) in [5.41, 5.74) is 0.675. The molecule has 0 fully saturated rings. The molecule has 0 aliphatic rings. The summed E-state index contributed by atoms with van der Waals surface area (Å²) in [7, 11) is 1.63. The smallest absolute Gasteiger partial charge is 0.350 e. The third-order valence-corrected chi connectivity index (χ3v) is 5.55. The maximum absolute atomic E-state index is 12.1. The fraction of sp³-hybridized carbons (Fsp3) is 0.500. The first-order valence-electron chi connectivity index (χ1n) is 10.4. The number of nitrogens with zero attached hydrogens (tertiary/aromatic N) is 2. The first-order chi connectivity index (χ1) is 14.9. The summed E-state index contributed by atoms with van der Waals surface area (Å²) in [6, 6.07) is 7.37. The van der Waals surface area contributed by atoms with E-state index in [2.05, 4.69) is 20.6 Å². The topological polar surface area (TPSA) is 94.1 Å². The van der Waals surface area contributed by atoms with Crippen molar-refractivity contribution in [3.63, 3.8) is 0 Å². The molecule has 10 heteroatoms. The zero-order valence-electron chi connectivity index (χ0n) is 19.4. The second-order valence-electron chi connectivity index (χ2n) is 6.88. The first kappa shape index (κ1) is 28.0. The van der Waals surface area contributed by atoms with Gasteiger partial charge in [0.1, 0.15) is 27.5 Å². The Balaban J connectivity index is 0.00000512. The van der Waals surface area contributed by atoms with Crippen molar-refractivity contribution < 1.29 is 19.0 Å². The van der Waals surface area contributed by atoms with Crippen molar-refractivity contribution >= 4 is 47.2 Å². The zero-order valence-corrected chi connectivity index (χ0v) is 22.6. The molecule has 0 spiro atoms. The van der Waals surface area contributed by atoms with Crippen molar-refractivity contribution in [3.05, 3.63) is 39.8 Å². The van der Waals surface area contributed by atoms with E-state index in [0.717, 1.165) is 16.5 Å². The number of aliphatic imine (C=N–C) groups is 1. The van der Waals surface area contributed by atoms with Gasteiger partial charge in [-0.15, -0.1) is 35.3 Å². The normalized spacial score (nSPS) is 12.9. The molecule has 0 bridgehead atoms. The van der Waals surface area contributed by atoms with Gasteiger partial charge in [-0.2, -0.15) is 0 Å². The third kappa shape index (κ3) is 8.45. The van der Waals surface area contributed by atoms with E-state index < -0.39 is 0 Å². The number of carbonyl (C=O) groups excluding carboxylic acids is 1. The first-order valence-corrected chi connectivity index (χ1v) is 11.2. The van der Waals surface area contributed by atoms with E-state index in [1.807, 2.05) is 52.0 Å². The van der Waals surface area contributed by atoms with Crippen molar-refractivity contribution in [2.24, 2.45) is 4.99 Å². The molecule has 0 aliphatic heterocycles. The molecule has 0 saturated heterocycles. The van der Waals surface area contributed by atoms with Crippen LogP contribution in [0.25, 0.3) is 0 Å². The molecular weight excluding hydrogens is 543 g/mol. The van der Waals surface area contributed by atoms with Gasteiger partial charge in [-0.05, 0) is 46.8 Å². The lowest BCUT2D eigenvalue weighted by molar-refractivity contribution is 0.0531. The number of guanidine groups is 1. The summed E-state index contributed by atoms with van der Waals surface area (Å²) in [5.74, 6) is 1.80. The molecule has 0 radical (unpaired) electrons. The Bertz CT molecular complexity index is 891. The number of carbonyl (C=O) groups is 1. The maximum atomic E-state index is 12.1. The molecule has 1 heterocycles. The molecule has 2 rings (SSSR count). The Hall–Kier alpha value is -2.08. The highest BCUT2D eigenvalue weighted by Crippen LogP contribution is 2.24. The molecule has 8 nitrogen and oxygen atoms in total. The molecule has 0 amide bonds. The Morgan fingerprint density at radius 3 is 2.62 bits per heavy atom. The molecule has 2 N–H and O–H groups in total. The van der Waals surface area contributed by atoms with Gasteiger partial charge in [0.05, 0.1) is 32.0 Å².